The van der Waals surface area contributed by atoms with Crippen LogP contribution in [0.25, 0.3) is 0 Å². The Bertz CT molecular complexity index is 500. The minimum Gasteiger partial charge on any atom is -0.497 e. The number of nitrogens with zero attached hydrogens (tertiary/aromatic N) is 2. The largest absolute Gasteiger partial charge is 0.497 e. The molecule has 1 aromatic rings. The number of alkyl halides is 1. The highest BCUT2D eigenvalue weighted by molar-refractivity contribution is 6.30. The molecule has 1 heterocycles. The standard InChI is InChI=1S/C16H23ClN2O3/c1-12(17)16(20)19-6-4-5-18(7-8-19)13-9-14(21-2)11-15(10-13)22-3/h9-12H,4-8H2,1-3H3. The Kier molecular flexibility index (Phi) is 5.77. The molecule has 1 aromatic carbocycles. The van der Waals surface area contributed by atoms with Crippen molar-refractivity contribution in [1.82, 2.24) is 4.90 Å². The Morgan fingerprint density at radius 3 is 2.27 bits per heavy atom. The van der Waals surface area contributed by atoms with E-state index in [2.05, 4.69) is 4.90 Å². The highest BCUT2D eigenvalue weighted by atomic mass is 35.5. The van der Waals surface area contributed by atoms with Crippen molar-refractivity contribution >= 4 is 23.2 Å². The van der Waals surface area contributed by atoms with E-state index in [1.165, 1.54) is 0 Å². The Morgan fingerprint density at radius 1 is 1.09 bits per heavy atom. The first-order valence-corrected chi connectivity index (χ1v) is 7.89. The molecule has 1 fully saturated rings. The minimum absolute atomic E-state index is 0.00624. The molecule has 5 nitrogen and oxygen atoms in total. The second kappa shape index (κ2) is 7.58. The highest BCUT2D eigenvalue weighted by Gasteiger charge is 2.22. The summed E-state index contributed by atoms with van der Waals surface area (Å²) in [5.74, 6) is 1.54. The molecular weight excluding hydrogens is 304 g/mol. The summed E-state index contributed by atoms with van der Waals surface area (Å²) < 4.78 is 10.6. The predicted octanol–water partition coefficient (Wildman–Crippen LogP) is 2.37. The molecule has 22 heavy (non-hydrogen) atoms. The quantitative estimate of drug-likeness (QED) is 0.797. The van der Waals surface area contributed by atoms with Crippen LogP contribution in [0.2, 0.25) is 0 Å². The minimum atomic E-state index is -0.469. The van der Waals surface area contributed by atoms with Crippen molar-refractivity contribution in [1.29, 1.82) is 0 Å². The van der Waals surface area contributed by atoms with E-state index in [4.69, 9.17) is 21.1 Å². The number of carbonyl (C=O) groups is 1. The number of amides is 1. The topological polar surface area (TPSA) is 42.0 Å². The first-order valence-electron chi connectivity index (χ1n) is 7.46. The summed E-state index contributed by atoms with van der Waals surface area (Å²) in [7, 11) is 3.28. The van der Waals surface area contributed by atoms with E-state index in [-0.39, 0.29) is 5.91 Å². The zero-order valence-electron chi connectivity index (χ0n) is 13.3. The number of carbonyl (C=O) groups excluding carboxylic acids is 1. The molecule has 0 radical (unpaired) electrons. The van der Waals surface area contributed by atoms with E-state index < -0.39 is 5.38 Å². The van der Waals surface area contributed by atoms with Gasteiger partial charge in [-0.05, 0) is 13.3 Å². The summed E-state index contributed by atoms with van der Waals surface area (Å²) in [6.07, 6.45) is 0.912. The molecular formula is C16H23ClN2O3. The summed E-state index contributed by atoms with van der Waals surface area (Å²) in [6.45, 7) is 4.80. The van der Waals surface area contributed by atoms with Crippen molar-refractivity contribution in [2.45, 2.75) is 18.7 Å². The zero-order chi connectivity index (χ0) is 16.1. The molecule has 0 saturated carbocycles. The van der Waals surface area contributed by atoms with E-state index in [0.717, 1.165) is 43.2 Å². The maximum absolute atomic E-state index is 12.0. The van der Waals surface area contributed by atoms with Gasteiger partial charge < -0.3 is 19.3 Å². The molecule has 122 valence electrons. The predicted molar refractivity (Wildman–Crippen MR) is 88.3 cm³/mol. The van der Waals surface area contributed by atoms with Gasteiger partial charge in [0.25, 0.3) is 0 Å². The van der Waals surface area contributed by atoms with Crippen LogP contribution in [-0.4, -0.2) is 56.6 Å². The van der Waals surface area contributed by atoms with Crippen molar-refractivity contribution in [2.24, 2.45) is 0 Å². The first kappa shape index (κ1) is 16.7. The number of halogens is 1. The second-order valence-corrected chi connectivity index (χ2v) is 6.01. The molecule has 0 spiro atoms. The van der Waals surface area contributed by atoms with Gasteiger partial charge in [-0.3, -0.25) is 4.79 Å². The summed E-state index contributed by atoms with van der Waals surface area (Å²) in [5, 5.41) is -0.469. The molecule has 1 atom stereocenters. The molecule has 1 aliphatic rings. The lowest BCUT2D eigenvalue weighted by Crippen LogP contribution is -2.38. The summed E-state index contributed by atoms with van der Waals surface area (Å²) in [6, 6.07) is 5.83. The van der Waals surface area contributed by atoms with Gasteiger partial charge in [0.1, 0.15) is 16.9 Å². The molecule has 0 N–H and O–H groups in total. The molecule has 1 aliphatic heterocycles. The lowest BCUT2D eigenvalue weighted by Gasteiger charge is -2.25. The third-order valence-electron chi connectivity index (χ3n) is 3.85. The van der Waals surface area contributed by atoms with E-state index in [9.17, 15) is 4.79 Å². The molecule has 0 aliphatic carbocycles. The number of ether oxygens (including phenoxy) is 2. The van der Waals surface area contributed by atoms with E-state index in [1.807, 2.05) is 23.1 Å². The van der Waals surface area contributed by atoms with Crippen molar-refractivity contribution in [3.63, 3.8) is 0 Å². The van der Waals surface area contributed by atoms with Crippen LogP contribution < -0.4 is 14.4 Å². The molecule has 1 unspecified atom stereocenters. The second-order valence-electron chi connectivity index (χ2n) is 5.35. The normalized spacial score (nSPS) is 16.9. The lowest BCUT2D eigenvalue weighted by atomic mass is 10.2. The van der Waals surface area contributed by atoms with Crippen LogP contribution in [0.1, 0.15) is 13.3 Å². The van der Waals surface area contributed by atoms with Crippen molar-refractivity contribution in [2.75, 3.05) is 45.3 Å². The Morgan fingerprint density at radius 2 is 1.73 bits per heavy atom. The van der Waals surface area contributed by atoms with Crippen LogP contribution in [0.3, 0.4) is 0 Å². The van der Waals surface area contributed by atoms with E-state index in [0.29, 0.717) is 6.54 Å². The van der Waals surface area contributed by atoms with Crippen molar-refractivity contribution in [3.8, 4) is 11.5 Å². The van der Waals surface area contributed by atoms with Gasteiger partial charge in [0, 0.05) is 50.1 Å². The molecule has 2 rings (SSSR count). The summed E-state index contributed by atoms with van der Waals surface area (Å²) in [5.41, 5.74) is 1.05. The zero-order valence-corrected chi connectivity index (χ0v) is 14.1. The number of anilines is 1. The molecule has 0 aromatic heterocycles. The van der Waals surface area contributed by atoms with Gasteiger partial charge in [0.05, 0.1) is 14.2 Å². The lowest BCUT2D eigenvalue weighted by molar-refractivity contribution is -0.130. The van der Waals surface area contributed by atoms with Crippen LogP contribution in [0, 0.1) is 0 Å². The number of rotatable bonds is 4. The Balaban J connectivity index is 2.12. The first-order chi connectivity index (χ1) is 10.5. The maximum atomic E-state index is 12.0. The van der Waals surface area contributed by atoms with Crippen molar-refractivity contribution in [3.05, 3.63) is 18.2 Å². The number of hydrogen-bond acceptors (Lipinski definition) is 4. The third-order valence-corrected chi connectivity index (χ3v) is 4.04. The van der Waals surface area contributed by atoms with Gasteiger partial charge >= 0.3 is 0 Å². The van der Waals surface area contributed by atoms with Gasteiger partial charge in [-0.2, -0.15) is 0 Å². The van der Waals surface area contributed by atoms with Crippen LogP contribution in [0.15, 0.2) is 18.2 Å². The smallest absolute Gasteiger partial charge is 0.240 e. The van der Waals surface area contributed by atoms with Gasteiger partial charge in [-0.15, -0.1) is 11.6 Å². The molecule has 0 bridgehead atoms. The summed E-state index contributed by atoms with van der Waals surface area (Å²) in [4.78, 5) is 16.1. The maximum Gasteiger partial charge on any atom is 0.240 e. The highest BCUT2D eigenvalue weighted by Crippen LogP contribution is 2.29. The Hall–Kier alpha value is -1.62. The van der Waals surface area contributed by atoms with Gasteiger partial charge in [-0.25, -0.2) is 0 Å². The molecule has 6 heteroatoms. The fraction of sp³-hybridized carbons (Fsp3) is 0.562. The number of benzene rings is 1. The monoisotopic (exact) mass is 326 g/mol. The van der Waals surface area contributed by atoms with Crippen LogP contribution in [-0.2, 0) is 4.79 Å². The summed E-state index contributed by atoms with van der Waals surface area (Å²) >= 11 is 5.91. The van der Waals surface area contributed by atoms with E-state index >= 15 is 0 Å². The Labute approximate surface area is 136 Å². The average molecular weight is 327 g/mol. The van der Waals surface area contributed by atoms with Crippen molar-refractivity contribution < 1.29 is 14.3 Å². The molecule has 1 saturated heterocycles. The average Bonchev–Trinajstić information content (AvgIpc) is 2.79. The van der Waals surface area contributed by atoms with Gasteiger partial charge in [-0.1, -0.05) is 0 Å². The van der Waals surface area contributed by atoms with E-state index in [1.54, 1.807) is 21.1 Å². The van der Waals surface area contributed by atoms with Crippen LogP contribution in [0.4, 0.5) is 5.69 Å². The fourth-order valence-corrected chi connectivity index (χ4v) is 2.76. The number of methoxy groups -OCH3 is 2. The number of hydrogen-bond donors (Lipinski definition) is 0. The van der Waals surface area contributed by atoms with Gasteiger partial charge in [0.2, 0.25) is 5.91 Å². The fourth-order valence-electron chi connectivity index (χ4n) is 2.62. The third kappa shape index (κ3) is 3.97. The molecule has 1 amide bonds. The van der Waals surface area contributed by atoms with Crippen LogP contribution in [0.5, 0.6) is 11.5 Å². The SMILES string of the molecule is COc1cc(OC)cc(N2CCCN(C(=O)C(C)Cl)CC2)c1. The van der Waals surface area contributed by atoms with Crippen LogP contribution >= 0.6 is 11.6 Å². The van der Waals surface area contributed by atoms with Gasteiger partial charge in [0.15, 0.2) is 0 Å².